The molecule has 0 unspecified atom stereocenters. The second kappa shape index (κ2) is 5.59. The second-order valence-corrected chi connectivity index (χ2v) is 4.32. The van der Waals surface area contributed by atoms with Crippen LogP contribution in [0, 0.1) is 17.1 Å². The third kappa shape index (κ3) is 2.56. The van der Waals surface area contributed by atoms with Crippen LogP contribution in [0.4, 0.5) is 15.8 Å². The quantitative estimate of drug-likeness (QED) is 0.833. The van der Waals surface area contributed by atoms with Crippen molar-refractivity contribution in [3.8, 4) is 6.07 Å². The van der Waals surface area contributed by atoms with E-state index < -0.39 is 11.7 Å². The molecule has 20 heavy (non-hydrogen) atoms. The van der Waals surface area contributed by atoms with Crippen LogP contribution in [0.1, 0.15) is 15.9 Å². The lowest BCUT2D eigenvalue weighted by molar-refractivity contribution is 0.102. The van der Waals surface area contributed by atoms with E-state index in [4.69, 9.17) is 22.6 Å². The van der Waals surface area contributed by atoms with Crippen molar-refractivity contribution >= 4 is 28.9 Å². The number of nitriles is 1. The van der Waals surface area contributed by atoms with Crippen molar-refractivity contribution in [3.63, 3.8) is 0 Å². The number of carbonyl (C=O) groups is 1. The normalized spacial score (nSPS) is 9.85. The summed E-state index contributed by atoms with van der Waals surface area (Å²) in [5.41, 5.74) is 5.87. The highest BCUT2D eigenvalue weighted by atomic mass is 35.5. The molecule has 0 bridgehead atoms. The van der Waals surface area contributed by atoms with Gasteiger partial charge in [0.1, 0.15) is 17.4 Å². The van der Waals surface area contributed by atoms with Crippen LogP contribution in [0.5, 0.6) is 0 Å². The molecule has 1 amide bonds. The number of anilines is 2. The van der Waals surface area contributed by atoms with Gasteiger partial charge in [-0.3, -0.25) is 4.79 Å². The number of nitrogens with zero attached hydrogens (tertiary/aromatic N) is 1. The third-order valence-electron chi connectivity index (χ3n) is 2.65. The lowest BCUT2D eigenvalue weighted by Crippen LogP contribution is -2.14. The molecule has 3 N–H and O–H groups in total. The molecule has 0 radical (unpaired) electrons. The van der Waals surface area contributed by atoms with Gasteiger partial charge >= 0.3 is 0 Å². The van der Waals surface area contributed by atoms with Crippen LogP contribution in [-0.4, -0.2) is 5.91 Å². The molecule has 0 saturated carbocycles. The number of nitrogens with one attached hydrogen (secondary N) is 1. The number of carbonyl (C=O) groups excluding carboxylic acids is 1. The molecule has 2 aromatic carbocycles. The molecule has 0 aliphatic heterocycles. The highest BCUT2D eigenvalue weighted by Gasteiger charge is 2.15. The summed E-state index contributed by atoms with van der Waals surface area (Å²) < 4.78 is 13.4. The highest BCUT2D eigenvalue weighted by molar-refractivity contribution is 6.36. The fourth-order valence-electron chi connectivity index (χ4n) is 1.66. The number of nitrogens with two attached hydrogens (primary N) is 1. The van der Waals surface area contributed by atoms with E-state index in [9.17, 15) is 9.18 Å². The minimum atomic E-state index is -0.705. The highest BCUT2D eigenvalue weighted by Crippen LogP contribution is 2.25. The Hall–Kier alpha value is -2.58. The fourth-order valence-corrected chi connectivity index (χ4v) is 1.87. The number of amides is 1. The Morgan fingerprint density at radius 1 is 1.30 bits per heavy atom. The number of hydrogen-bond acceptors (Lipinski definition) is 3. The van der Waals surface area contributed by atoms with Crippen LogP contribution in [-0.2, 0) is 0 Å². The summed E-state index contributed by atoms with van der Waals surface area (Å²) in [7, 11) is 0. The largest absolute Gasteiger partial charge is 0.398 e. The molecular weight excluding hydrogens is 281 g/mol. The number of hydrogen-bond donors (Lipinski definition) is 2. The molecule has 0 heterocycles. The van der Waals surface area contributed by atoms with E-state index in [0.29, 0.717) is 0 Å². The molecule has 0 fully saturated rings. The van der Waals surface area contributed by atoms with E-state index in [1.54, 1.807) is 18.2 Å². The van der Waals surface area contributed by atoms with Gasteiger partial charge in [-0.15, -0.1) is 0 Å². The van der Waals surface area contributed by atoms with Crippen molar-refractivity contribution in [2.75, 3.05) is 11.1 Å². The first kappa shape index (κ1) is 13.8. The van der Waals surface area contributed by atoms with Crippen LogP contribution >= 0.6 is 11.6 Å². The molecule has 4 nitrogen and oxygen atoms in total. The molecule has 0 aliphatic carbocycles. The molecule has 0 atom stereocenters. The summed E-state index contributed by atoms with van der Waals surface area (Å²) in [5.74, 6) is -1.27. The monoisotopic (exact) mass is 289 g/mol. The first-order valence-electron chi connectivity index (χ1n) is 5.58. The topological polar surface area (TPSA) is 78.9 Å². The molecule has 0 aliphatic rings. The van der Waals surface area contributed by atoms with Gasteiger partial charge in [-0.2, -0.15) is 5.26 Å². The van der Waals surface area contributed by atoms with Crippen LogP contribution in [0.2, 0.25) is 5.02 Å². The predicted octanol–water partition coefficient (Wildman–Crippen LogP) is 3.19. The van der Waals surface area contributed by atoms with Crippen LogP contribution < -0.4 is 11.1 Å². The summed E-state index contributed by atoms with van der Waals surface area (Å²) in [4.78, 5) is 12.1. The summed E-state index contributed by atoms with van der Waals surface area (Å²) in [6.45, 7) is 0. The number of rotatable bonds is 2. The average molecular weight is 290 g/mol. The molecule has 2 rings (SSSR count). The molecule has 6 heteroatoms. The lowest BCUT2D eigenvalue weighted by Gasteiger charge is -2.09. The van der Waals surface area contributed by atoms with Gasteiger partial charge in [0, 0.05) is 0 Å². The summed E-state index contributed by atoms with van der Waals surface area (Å²) >= 11 is 5.93. The first-order chi connectivity index (χ1) is 9.54. The Bertz CT molecular complexity index is 725. The zero-order valence-electron chi connectivity index (χ0n) is 10.2. The van der Waals surface area contributed by atoms with E-state index in [-0.39, 0.29) is 27.5 Å². The summed E-state index contributed by atoms with van der Waals surface area (Å²) in [6, 6.07) is 10.3. The van der Waals surface area contributed by atoms with Gasteiger partial charge in [-0.05, 0) is 24.3 Å². The molecule has 0 aromatic heterocycles. The predicted molar refractivity (Wildman–Crippen MR) is 74.9 cm³/mol. The first-order valence-corrected chi connectivity index (χ1v) is 5.96. The maximum absolute atomic E-state index is 13.4. The van der Waals surface area contributed by atoms with Gasteiger partial charge in [-0.25, -0.2) is 4.39 Å². The molecular formula is C14H9ClFN3O. The molecule has 2 aromatic rings. The van der Waals surface area contributed by atoms with Crippen LogP contribution in [0.15, 0.2) is 36.4 Å². The van der Waals surface area contributed by atoms with Gasteiger partial charge in [0.25, 0.3) is 5.91 Å². The molecule has 0 saturated heterocycles. The number of nitrogen functional groups attached to an aromatic ring is 1. The smallest absolute Gasteiger partial charge is 0.257 e. The maximum atomic E-state index is 13.4. The van der Waals surface area contributed by atoms with Gasteiger partial charge in [0.15, 0.2) is 0 Å². The Morgan fingerprint density at radius 3 is 2.70 bits per heavy atom. The second-order valence-electron chi connectivity index (χ2n) is 3.94. The lowest BCUT2D eigenvalue weighted by atomic mass is 10.1. The van der Waals surface area contributed by atoms with Gasteiger partial charge < -0.3 is 11.1 Å². The third-order valence-corrected chi connectivity index (χ3v) is 3.07. The zero-order valence-corrected chi connectivity index (χ0v) is 10.9. The van der Waals surface area contributed by atoms with E-state index in [1.165, 1.54) is 18.2 Å². The minimum absolute atomic E-state index is 0.0796. The Morgan fingerprint density at radius 2 is 2.00 bits per heavy atom. The van der Waals surface area contributed by atoms with E-state index in [1.807, 2.05) is 0 Å². The van der Waals surface area contributed by atoms with Gasteiger partial charge in [0.2, 0.25) is 0 Å². The van der Waals surface area contributed by atoms with Crippen LogP contribution in [0.3, 0.4) is 0 Å². The minimum Gasteiger partial charge on any atom is -0.398 e. The standard InChI is InChI=1S/C14H9ClFN3O/c15-13-8(3-1-5-11(13)18)14(20)19-12-6-2-4-10(16)9(12)7-17/h1-6H,18H2,(H,19,20). The van der Waals surface area contributed by atoms with Crippen molar-refractivity contribution in [1.29, 1.82) is 5.26 Å². The average Bonchev–Trinajstić information content (AvgIpc) is 2.42. The van der Waals surface area contributed by atoms with Crippen molar-refractivity contribution in [2.24, 2.45) is 0 Å². The number of benzene rings is 2. The van der Waals surface area contributed by atoms with Crippen molar-refractivity contribution in [1.82, 2.24) is 0 Å². The van der Waals surface area contributed by atoms with Crippen molar-refractivity contribution in [2.45, 2.75) is 0 Å². The summed E-state index contributed by atoms with van der Waals surface area (Å²) in [6.07, 6.45) is 0. The Balaban J connectivity index is 2.36. The maximum Gasteiger partial charge on any atom is 0.257 e. The van der Waals surface area contributed by atoms with Crippen molar-refractivity contribution in [3.05, 3.63) is 58.4 Å². The number of halogens is 2. The van der Waals surface area contributed by atoms with E-state index in [2.05, 4.69) is 5.32 Å². The Kier molecular flexibility index (Phi) is 3.87. The molecule has 0 spiro atoms. The van der Waals surface area contributed by atoms with Crippen LogP contribution in [0.25, 0.3) is 0 Å². The molecule has 100 valence electrons. The summed E-state index contributed by atoms with van der Waals surface area (Å²) in [5, 5.41) is 11.5. The van der Waals surface area contributed by atoms with Gasteiger partial charge in [0.05, 0.1) is 22.0 Å². The van der Waals surface area contributed by atoms with Gasteiger partial charge in [-0.1, -0.05) is 23.7 Å². The van der Waals surface area contributed by atoms with E-state index >= 15 is 0 Å². The van der Waals surface area contributed by atoms with E-state index in [0.717, 1.165) is 6.07 Å². The van der Waals surface area contributed by atoms with Crippen molar-refractivity contribution < 1.29 is 9.18 Å². The Labute approximate surface area is 119 Å². The zero-order chi connectivity index (χ0) is 14.7. The SMILES string of the molecule is N#Cc1c(F)cccc1NC(=O)c1cccc(N)c1Cl. The fraction of sp³-hybridized carbons (Fsp3) is 0.